The number of nitrogens with one attached hydrogen (secondary N) is 1. The van der Waals surface area contributed by atoms with Gasteiger partial charge in [0.1, 0.15) is 18.7 Å². The Bertz CT molecular complexity index is 1510. The van der Waals surface area contributed by atoms with Gasteiger partial charge in [0.25, 0.3) is 15.9 Å². The Morgan fingerprint density at radius 1 is 0.950 bits per heavy atom. The molecule has 0 bridgehead atoms. The summed E-state index contributed by atoms with van der Waals surface area (Å²) in [6, 6.07) is 13.8. The van der Waals surface area contributed by atoms with Crippen LogP contribution < -0.4 is 10.2 Å². The highest BCUT2D eigenvalue weighted by Crippen LogP contribution is 2.34. The minimum Gasteiger partial charge on any atom is -0.366 e. The van der Waals surface area contributed by atoms with Crippen LogP contribution in [-0.4, -0.2) is 65.2 Å². The molecule has 0 aliphatic carbocycles. The number of anilines is 2. The highest BCUT2D eigenvalue weighted by atomic mass is 32.2. The zero-order valence-electron chi connectivity index (χ0n) is 21.1. The smallest absolute Gasteiger partial charge is 0.366 e. The van der Waals surface area contributed by atoms with Crippen LogP contribution in [0.1, 0.15) is 24.0 Å². The van der Waals surface area contributed by atoms with Crippen LogP contribution in [-0.2, 0) is 27.5 Å². The molecule has 0 spiro atoms. The number of halogens is 3. The quantitative estimate of drug-likeness (QED) is 0.338. The molecule has 5 rings (SSSR count). The molecule has 3 amide bonds. The summed E-state index contributed by atoms with van der Waals surface area (Å²) in [5, 5.41) is 2.90. The number of hydrogen-bond donors (Lipinski definition) is 1. The fourth-order valence-corrected chi connectivity index (χ4v) is 6.16. The number of alkyl halides is 3. The highest BCUT2D eigenvalue weighted by molar-refractivity contribution is 7.89. The maximum absolute atomic E-state index is 13.3. The molecule has 2 aromatic carbocycles. The zero-order valence-corrected chi connectivity index (χ0v) is 21.9. The molecular formula is C26H25F3N6O4S. The number of carbonyl (C=O) groups is 2. The number of imide groups is 1. The van der Waals surface area contributed by atoms with Gasteiger partial charge in [-0.2, -0.15) is 17.5 Å². The largest absolute Gasteiger partial charge is 0.416 e. The number of nitrogens with zero attached hydrogens (tertiary/aromatic N) is 5. The van der Waals surface area contributed by atoms with E-state index in [1.54, 1.807) is 0 Å². The minimum absolute atomic E-state index is 0.0314. The second-order valence-electron chi connectivity index (χ2n) is 9.40. The van der Waals surface area contributed by atoms with Crippen molar-refractivity contribution in [3.05, 3.63) is 78.1 Å². The molecule has 1 N–H and O–H groups in total. The van der Waals surface area contributed by atoms with Gasteiger partial charge in [0.15, 0.2) is 5.03 Å². The second kappa shape index (κ2) is 10.8. The molecule has 2 fully saturated rings. The molecule has 40 heavy (non-hydrogen) atoms. The summed E-state index contributed by atoms with van der Waals surface area (Å²) >= 11 is 0. The van der Waals surface area contributed by atoms with Crippen molar-refractivity contribution in [3.63, 3.8) is 0 Å². The number of hydrogen-bond acceptors (Lipinski definition) is 7. The van der Waals surface area contributed by atoms with Gasteiger partial charge in [-0.15, -0.1) is 0 Å². The molecule has 2 saturated heterocycles. The standard InChI is InChI=1S/C26H25F3N6O4S/c27-26(28,29)19-7-4-8-21(13-19)34-16-24(36)35(25(34)37)20-9-11-33(12-10-20)40(38,39)23-14-22(31-17-32-23)30-15-18-5-2-1-3-6-18/h1-8,13-14,17,20H,9-12,15-16H2,(H,30,31,32). The Morgan fingerprint density at radius 3 is 2.38 bits per heavy atom. The Hall–Kier alpha value is -4.04. The summed E-state index contributed by atoms with van der Waals surface area (Å²) < 4.78 is 67.2. The lowest BCUT2D eigenvalue weighted by Crippen LogP contribution is -2.49. The molecule has 0 atom stereocenters. The van der Waals surface area contributed by atoms with Crippen LogP contribution in [0, 0.1) is 0 Å². The monoisotopic (exact) mass is 574 g/mol. The van der Waals surface area contributed by atoms with E-state index >= 15 is 0 Å². The Labute approximate surface area is 228 Å². The number of sulfonamides is 1. The molecule has 2 aliphatic rings. The van der Waals surface area contributed by atoms with Crippen LogP contribution in [0.4, 0.5) is 29.5 Å². The first-order chi connectivity index (χ1) is 19.0. The van der Waals surface area contributed by atoms with E-state index in [4.69, 9.17) is 0 Å². The summed E-state index contributed by atoms with van der Waals surface area (Å²) in [7, 11) is -3.98. The molecular weight excluding hydrogens is 549 g/mol. The third-order valence-electron chi connectivity index (χ3n) is 6.84. The third-order valence-corrected chi connectivity index (χ3v) is 8.63. The van der Waals surface area contributed by atoms with Gasteiger partial charge in [-0.3, -0.25) is 14.6 Å². The van der Waals surface area contributed by atoms with Crippen molar-refractivity contribution in [1.29, 1.82) is 0 Å². The predicted molar refractivity (Wildman–Crippen MR) is 139 cm³/mol. The third kappa shape index (κ3) is 5.63. The van der Waals surface area contributed by atoms with Gasteiger partial charge in [0.05, 0.1) is 5.56 Å². The summed E-state index contributed by atoms with van der Waals surface area (Å²) in [6.07, 6.45) is -3.07. The number of amides is 3. The lowest BCUT2D eigenvalue weighted by Gasteiger charge is -2.34. The Morgan fingerprint density at radius 2 is 1.68 bits per heavy atom. The normalized spacial score (nSPS) is 17.5. The van der Waals surface area contributed by atoms with Crippen molar-refractivity contribution < 1.29 is 31.2 Å². The lowest BCUT2D eigenvalue weighted by atomic mass is 10.1. The lowest BCUT2D eigenvalue weighted by molar-refractivity contribution is -0.137. The van der Waals surface area contributed by atoms with Gasteiger partial charge in [0.2, 0.25) is 0 Å². The van der Waals surface area contributed by atoms with Crippen LogP contribution in [0.25, 0.3) is 0 Å². The van der Waals surface area contributed by atoms with Crippen molar-refractivity contribution in [2.24, 2.45) is 0 Å². The van der Waals surface area contributed by atoms with Crippen molar-refractivity contribution >= 4 is 33.5 Å². The molecule has 1 aromatic heterocycles. The summed E-state index contributed by atoms with van der Waals surface area (Å²) in [5.41, 5.74) is 0.0340. The second-order valence-corrected chi connectivity index (χ2v) is 11.3. The molecule has 0 radical (unpaired) electrons. The van der Waals surface area contributed by atoms with E-state index < -0.39 is 46.3 Å². The summed E-state index contributed by atoms with van der Waals surface area (Å²) in [4.78, 5) is 35.9. The molecule has 3 aromatic rings. The van der Waals surface area contributed by atoms with Crippen molar-refractivity contribution in [1.82, 2.24) is 19.2 Å². The minimum atomic E-state index is -4.59. The molecule has 210 valence electrons. The molecule has 3 heterocycles. The zero-order chi connectivity index (χ0) is 28.5. The van der Waals surface area contributed by atoms with Crippen LogP contribution >= 0.6 is 0 Å². The predicted octanol–water partition coefficient (Wildman–Crippen LogP) is 3.73. The van der Waals surface area contributed by atoms with Crippen LogP contribution in [0.15, 0.2) is 72.0 Å². The van der Waals surface area contributed by atoms with Gasteiger partial charge in [-0.05, 0) is 36.6 Å². The van der Waals surface area contributed by atoms with Crippen molar-refractivity contribution in [2.75, 3.05) is 29.9 Å². The van der Waals surface area contributed by atoms with Crippen LogP contribution in [0.2, 0.25) is 0 Å². The molecule has 0 unspecified atom stereocenters. The number of carbonyl (C=O) groups excluding carboxylic acids is 2. The van der Waals surface area contributed by atoms with Gasteiger partial charge in [0, 0.05) is 37.4 Å². The van der Waals surface area contributed by atoms with E-state index in [2.05, 4.69) is 15.3 Å². The van der Waals surface area contributed by atoms with E-state index in [-0.39, 0.29) is 36.6 Å². The van der Waals surface area contributed by atoms with Gasteiger partial charge < -0.3 is 5.32 Å². The van der Waals surface area contributed by atoms with Crippen LogP contribution in [0.5, 0.6) is 0 Å². The first-order valence-electron chi connectivity index (χ1n) is 12.4. The molecule has 10 nitrogen and oxygen atoms in total. The molecule has 0 saturated carbocycles. The SMILES string of the molecule is O=C1CN(c2cccc(C(F)(F)F)c2)C(=O)N1C1CCN(S(=O)(=O)c2cc(NCc3ccccc3)ncn2)CC1. The fraction of sp³-hybridized carbons (Fsp3) is 0.308. The fourth-order valence-electron chi connectivity index (χ4n) is 4.77. The van der Waals surface area contributed by atoms with Gasteiger partial charge in [-0.25, -0.2) is 23.2 Å². The van der Waals surface area contributed by atoms with E-state index in [1.165, 1.54) is 22.5 Å². The number of rotatable bonds is 7. The Kier molecular flexibility index (Phi) is 7.47. The maximum atomic E-state index is 13.3. The van der Waals surface area contributed by atoms with Gasteiger partial charge in [-0.1, -0.05) is 36.4 Å². The average Bonchev–Trinajstić information content (AvgIpc) is 3.25. The highest BCUT2D eigenvalue weighted by Gasteiger charge is 2.44. The summed E-state index contributed by atoms with van der Waals surface area (Å²) in [6.45, 7) is 0.116. The average molecular weight is 575 g/mol. The van der Waals surface area contributed by atoms with E-state index in [0.29, 0.717) is 12.4 Å². The summed E-state index contributed by atoms with van der Waals surface area (Å²) in [5.74, 6) is -0.205. The number of urea groups is 1. The van der Waals surface area contributed by atoms with Crippen molar-refractivity contribution in [3.8, 4) is 0 Å². The van der Waals surface area contributed by atoms with E-state index in [9.17, 15) is 31.2 Å². The van der Waals surface area contributed by atoms with Crippen molar-refractivity contribution in [2.45, 2.75) is 36.6 Å². The van der Waals surface area contributed by atoms with E-state index in [1.807, 2.05) is 30.3 Å². The molecule has 14 heteroatoms. The number of benzene rings is 2. The number of piperidine rings is 1. The van der Waals surface area contributed by atoms with E-state index in [0.717, 1.165) is 33.8 Å². The molecule has 2 aliphatic heterocycles. The Balaban J connectivity index is 1.23. The number of aromatic nitrogens is 2. The van der Waals surface area contributed by atoms with Crippen LogP contribution in [0.3, 0.4) is 0 Å². The first-order valence-corrected chi connectivity index (χ1v) is 13.9. The topological polar surface area (TPSA) is 116 Å². The maximum Gasteiger partial charge on any atom is 0.416 e. The first kappa shape index (κ1) is 27.5. The van der Waals surface area contributed by atoms with Gasteiger partial charge >= 0.3 is 12.2 Å².